The first-order chi connectivity index (χ1) is 21.1. The second kappa shape index (κ2) is 13.7. The molecule has 11 nitrogen and oxygen atoms in total. The lowest BCUT2D eigenvalue weighted by atomic mass is 9.71. The number of ether oxygens (including phenoxy) is 5. The fraction of sp³-hybridized carbons (Fsp3) is 0.355. The van der Waals surface area contributed by atoms with Gasteiger partial charge in [0.15, 0.2) is 11.4 Å². The number of pyridine rings is 3. The van der Waals surface area contributed by atoms with Crippen LogP contribution in [0.2, 0.25) is 0 Å². The summed E-state index contributed by atoms with van der Waals surface area (Å²) in [6, 6.07) is 11.2. The maximum atomic E-state index is 13.4. The lowest BCUT2D eigenvalue weighted by molar-refractivity contribution is -0.0538. The third-order valence-corrected chi connectivity index (χ3v) is 7.15. The zero-order valence-corrected chi connectivity index (χ0v) is 25.2. The number of nitrogens with zero attached hydrogens (tertiary/aromatic N) is 5. The molecule has 44 heavy (non-hydrogen) atoms. The molecule has 0 aliphatic heterocycles. The second-order valence-corrected chi connectivity index (χ2v) is 10.0. The molecular formula is C31H33F2N5O6. The SMILES string of the molecule is [C-]#[N+]c1ccc2nc(OC)c(C(c3ccnc(OC)c3OC)C(O)(CCN(C)C)c3cc(OC)nc(OC(F)F)c3)cc2c1. The van der Waals surface area contributed by atoms with Gasteiger partial charge in [0.1, 0.15) is 5.60 Å². The minimum Gasteiger partial charge on any atom is -0.491 e. The Morgan fingerprint density at radius 2 is 1.64 bits per heavy atom. The van der Waals surface area contributed by atoms with Gasteiger partial charge >= 0.3 is 6.61 Å². The van der Waals surface area contributed by atoms with Crippen LogP contribution in [0.25, 0.3) is 15.7 Å². The van der Waals surface area contributed by atoms with Crippen LogP contribution in [0.3, 0.4) is 0 Å². The molecule has 4 aromatic rings. The first-order valence-corrected chi connectivity index (χ1v) is 13.4. The highest BCUT2D eigenvalue weighted by Gasteiger charge is 2.45. The van der Waals surface area contributed by atoms with Crippen molar-refractivity contribution in [2.75, 3.05) is 49.1 Å². The van der Waals surface area contributed by atoms with Gasteiger partial charge in [0.05, 0.1) is 46.4 Å². The summed E-state index contributed by atoms with van der Waals surface area (Å²) in [5.74, 6) is -0.966. The summed E-state index contributed by atoms with van der Waals surface area (Å²) in [5, 5.41) is 13.7. The molecule has 0 radical (unpaired) electrons. The molecule has 0 amide bonds. The lowest BCUT2D eigenvalue weighted by Crippen LogP contribution is -2.38. The molecule has 0 aliphatic rings. The van der Waals surface area contributed by atoms with Crippen LogP contribution in [0.4, 0.5) is 14.5 Å². The Morgan fingerprint density at radius 1 is 0.909 bits per heavy atom. The van der Waals surface area contributed by atoms with E-state index in [0.717, 1.165) is 0 Å². The zero-order chi connectivity index (χ0) is 32.0. The minimum absolute atomic E-state index is 0.0512. The predicted molar refractivity (Wildman–Crippen MR) is 158 cm³/mol. The van der Waals surface area contributed by atoms with Crippen LogP contribution in [-0.2, 0) is 5.60 Å². The largest absolute Gasteiger partial charge is 0.491 e. The Kier molecular flexibility index (Phi) is 9.97. The molecule has 0 saturated carbocycles. The quantitative estimate of drug-likeness (QED) is 0.204. The van der Waals surface area contributed by atoms with E-state index in [4.69, 9.17) is 30.5 Å². The Morgan fingerprint density at radius 3 is 2.25 bits per heavy atom. The zero-order valence-electron chi connectivity index (χ0n) is 25.2. The molecular weight excluding hydrogens is 576 g/mol. The number of benzene rings is 1. The van der Waals surface area contributed by atoms with Crippen LogP contribution < -0.4 is 23.7 Å². The molecule has 0 bridgehead atoms. The van der Waals surface area contributed by atoms with E-state index in [1.165, 1.54) is 46.8 Å². The van der Waals surface area contributed by atoms with Gasteiger partial charge in [-0.25, -0.2) is 14.8 Å². The van der Waals surface area contributed by atoms with E-state index in [-0.39, 0.29) is 35.4 Å². The van der Waals surface area contributed by atoms with Gasteiger partial charge in [0.2, 0.25) is 17.6 Å². The van der Waals surface area contributed by atoms with Crippen LogP contribution in [0, 0.1) is 6.57 Å². The summed E-state index contributed by atoms with van der Waals surface area (Å²) in [7, 11) is 9.35. The summed E-state index contributed by atoms with van der Waals surface area (Å²) in [6.45, 7) is 4.69. The molecule has 1 aromatic carbocycles. The third kappa shape index (κ3) is 6.56. The van der Waals surface area contributed by atoms with E-state index in [9.17, 15) is 13.9 Å². The van der Waals surface area contributed by atoms with Crippen molar-refractivity contribution >= 4 is 16.6 Å². The molecule has 4 rings (SSSR count). The number of alkyl halides is 2. The maximum absolute atomic E-state index is 13.4. The topological polar surface area (TPSA) is 113 Å². The van der Waals surface area contributed by atoms with Crippen molar-refractivity contribution in [1.29, 1.82) is 0 Å². The van der Waals surface area contributed by atoms with Crippen LogP contribution in [0.15, 0.2) is 48.7 Å². The smallest absolute Gasteiger partial charge is 0.388 e. The Balaban J connectivity index is 2.15. The van der Waals surface area contributed by atoms with Gasteiger partial charge in [0, 0.05) is 36.0 Å². The molecule has 2 unspecified atom stereocenters. The van der Waals surface area contributed by atoms with Crippen LogP contribution >= 0.6 is 0 Å². The number of hydrogen-bond acceptors (Lipinski definition) is 10. The van der Waals surface area contributed by atoms with Crippen molar-refractivity contribution in [3.63, 3.8) is 0 Å². The van der Waals surface area contributed by atoms with Crippen molar-refractivity contribution < 1.29 is 37.6 Å². The van der Waals surface area contributed by atoms with E-state index in [1.54, 1.807) is 30.3 Å². The van der Waals surface area contributed by atoms with Gasteiger partial charge in [0.25, 0.3) is 5.88 Å². The average molecular weight is 610 g/mol. The number of fused-ring (bicyclic) bond motifs is 1. The van der Waals surface area contributed by atoms with Crippen LogP contribution in [-0.4, -0.2) is 80.6 Å². The second-order valence-electron chi connectivity index (χ2n) is 10.0. The fourth-order valence-corrected chi connectivity index (χ4v) is 5.14. The standard InChI is InChI=1S/C31H33F2N5O6/c1-34-20-8-9-23-18(14-20)15-22(28(36-23)42-6)26(21-10-12-35-29(43-7)27(21)41-5)31(39,11-13-38(2)3)19-16-24(40-4)37-25(17-19)44-30(32)33/h8-10,12,14-17,26,30,39H,11,13H2,2-7H3. The molecule has 13 heteroatoms. The van der Waals surface area contributed by atoms with Crippen molar-refractivity contribution in [1.82, 2.24) is 19.9 Å². The number of aliphatic hydroxyl groups is 1. The van der Waals surface area contributed by atoms with Crippen molar-refractivity contribution in [2.45, 2.75) is 24.6 Å². The summed E-state index contributed by atoms with van der Waals surface area (Å²) >= 11 is 0. The summed E-state index contributed by atoms with van der Waals surface area (Å²) in [6.07, 6.45) is 1.58. The molecule has 0 spiro atoms. The highest BCUT2D eigenvalue weighted by atomic mass is 19.3. The van der Waals surface area contributed by atoms with Crippen molar-refractivity contribution in [2.24, 2.45) is 0 Å². The number of rotatable bonds is 13. The lowest BCUT2D eigenvalue weighted by Gasteiger charge is -2.39. The normalized spacial score (nSPS) is 13.3. The Hall–Kier alpha value is -4.80. The van der Waals surface area contributed by atoms with E-state index in [1.807, 2.05) is 19.0 Å². The van der Waals surface area contributed by atoms with Crippen LogP contribution in [0.1, 0.15) is 29.0 Å². The van der Waals surface area contributed by atoms with Gasteiger partial charge in [-0.1, -0.05) is 6.07 Å². The van der Waals surface area contributed by atoms with E-state index in [2.05, 4.69) is 19.5 Å². The van der Waals surface area contributed by atoms with E-state index in [0.29, 0.717) is 34.3 Å². The highest BCUT2D eigenvalue weighted by Crippen LogP contribution is 2.51. The monoisotopic (exact) mass is 609 g/mol. The highest BCUT2D eigenvalue weighted by molar-refractivity contribution is 5.84. The fourth-order valence-electron chi connectivity index (χ4n) is 5.14. The molecule has 1 N–H and O–H groups in total. The van der Waals surface area contributed by atoms with Crippen molar-refractivity contribution in [3.05, 3.63) is 76.8 Å². The molecule has 0 aliphatic carbocycles. The molecule has 3 heterocycles. The van der Waals surface area contributed by atoms with E-state index >= 15 is 0 Å². The Bertz CT molecular complexity index is 1670. The number of halogens is 2. The van der Waals surface area contributed by atoms with Crippen LogP contribution in [0.5, 0.6) is 29.3 Å². The molecule has 2 atom stereocenters. The van der Waals surface area contributed by atoms with E-state index < -0.39 is 24.0 Å². The minimum atomic E-state index is -3.17. The average Bonchev–Trinajstić information content (AvgIpc) is 3.02. The van der Waals surface area contributed by atoms with Gasteiger partial charge in [-0.3, -0.25) is 0 Å². The summed E-state index contributed by atoms with van der Waals surface area (Å²) in [5.41, 5.74) is 0.0921. The predicted octanol–water partition coefficient (Wildman–Crippen LogP) is 5.18. The molecule has 232 valence electrons. The first-order valence-electron chi connectivity index (χ1n) is 13.4. The first kappa shape index (κ1) is 32.1. The van der Waals surface area contributed by atoms with Gasteiger partial charge in [-0.05, 0) is 55.7 Å². The summed E-state index contributed by atoms with van der Waals surface area (Å²) in [4.78, 5) is 18.4. The third-order valence-electron chi connectivity index (χ3n) is 7.15. The van der Waals surface area contributed by atoms with Gasteiger partial charge < -0.3 is 33.7 Å². The number of aromatic nitrogens is 3. The van der Waals surface area contributed by atoms with Gasteiger partial charge in [-0.2, -0.15) is 13.8 Å². The number of methoxy groups -OCH3 is 4. The summed E-state index contributed by atoms with van der Waals surface area (Å²) < 4.78 is 53.7. The van der Waals surface area contributed by atoms with Crippen molar-refractivity contribution in [3.8, 4) is 29.3 Å². The molecule has 3 aromatic heterocycles. The number of hydrogen-bond donors (Lipinski definition) is 1. The molecule has 0 saturated heterocycles. The Labute approximate surface area is 253 Å². The molecule has 0 fully saturated rings. The maximum Gasteiger partial charge on any atom is 0.388 e. The van der Waals surface area contributed by atoms with Gasteiger partial charge in [-0.15, -0.1) is 0 Å².